The molecule has 0 aliphatic heterocycles. The van der Waals surface area contributed by atoms with E-state index >= 15 is 0 Å². The second-order valence-corrected chi connectivity index (χ2v) is 3.97. The van der Waals surface area contributed by atoms with Gasteiger partial charge in [0, 0.05) is 5.69 Å². The lowest BCUT2D eigenvalue weighted by Gasteiger charge is -2.03. The number of hydrogen-bond donors (Lipinski definition) is 1. The molecule has 7 heteroatoms. The lowest BCUT2D eigenvalue weighted by Crippen LogP contribution is -2.20. The number of rotatable bonds is 4. The van der Waals surface area contributed by atoms with Crippen LogP contribution >= 0.6 is 0 Å². The summed E-state index contributed by atoms with van der Waals surface area (Å²) in [7, 11) is 0. The molecule has 0 saturated heterocycles. The van der Waals surface area contributed by atoms with E-state index < -0.39 is 4.92 Å². The number of aromatic nitrogens is 2. The summed E-state index contributed by atoms with van der Waals surface area (Å²) in [6.45, 7) is 1.60. The van der Waals surface area contributed by atoms with Crippen LogP contribution in [0.5, 0.6) is 0 Å². The Hall–Kier alpha value is -2.70. The molecule has 0 atom stereocenters. The zero-order chi connectivity index (χ0) is 13.8. The van der Waals surface area contributed by atoms with Gasteiger partial charge in [-0.15, -0.1) is 0 Å². The van der Waals surface area contributed by atoms with Gasteiger partial charge in [0.1, 0.15) is 6.54 Å². The molecule has 19 heavy (non-hydrogen) atoms. The number of carbonyl (C=O) groups is 1. The number of nitrogens with zero attached hydrogens (tertiary/aromatic N) is 3. The Morgan fingerprint density at radius 3 is 2.68 bits per heavy atom. The molecule has 0 bridgehead atoms. The average Bonchev–Trinajstić information content (AvgIpc) is 2.72. The lowest BCUT2D eigenvalue weighted by atomic mass is 10.3. The van der Waals surface area contributed by atoms with Crippen LogP contribution in [0.15, 0.2) is 36.4 Å². The fourth-order valence-electron chi connectivity index (χ4n) is 1.60. The Morgan fingerprint density at radius 2 is 2.11 bits per heavy atom. The molecular weight excluding hydrogens is 248 g/mol. The number of carbonyl (C=O) groups excluding carboxylic acids is 1. The highest BCUT2D eigenvalue weighted by Gasteiger charge is 2.17. The molecular formula is C12H12N4O3. The van der Waals surface area contributed by atoms with Gasteiger partial charge in [0.25, 0.3) is 0 Å². The minimum Gasteiger partial charge on any atom is -0.358 e. The van der Waals surface area contributed by atoms with Gasteiger partial charge < -0.3 is 15.4 Å². The summed E-state index contributed by atoms with van der Waals surface area (Å²) in [5.74, 6) is -0.544. The molecule has 1 aromatic carbocycles. The Balaban J connectivity index is 2.05. The first-order valence-electron chi connectivity index (χ1n) is 5.60. The third-order valence-electron chi connectivity index (χ3n) is 2.51. The van der Waals surface area contributed by atoms with E-state index in [-0.39, 0.29) is 18.3 Å². The molecule has 1 heterocycles. The molecule has 2 rings (SSSR count). The van der Waals surface area contributed by atoms with Gasteiger partial charge in [0.15, 0.2) is 0 Å². The number of benzene rings is 1. The number of para-hydroxylation sites is 1. The first kappa shape index (κ1) is 12.7. The van der Waals surface area contributed by atoms with E-state index in [4.69, 9.17) is 0 Å². The first-order chi connectivity index (χ1) is 9.06. The van der Waals surface area contributed by atoms with Crippen molar-refractivity contribution in [3.05, 3.63) is 52.2 Å². The van der Waals surface area contributed by atoms with Crippen LogP contribution in [0, 0.1) is 17.0 Å². The molecule has 98 valence electrons. The maximum atomic E-state index is 11.8. The number of amides is 1. The van der Waals surface area contributed by atoms with Crippen molar-refractivity contribution in [2.45, 2.75) is 13.5 Å². The van der Waals surface area contributed by atoms with Crippen LogP contribution in [0.4, 0.5) is 11.5 Å². The van der Waals surface area contributed by atoms with Gasteiger partial charge in [-0.25, -0.2) is 0 Å². The maximum absolute atomic E-state index is 11.8. The van der Waals surface area contributed by atoms with E-state index in [1.807, 2.05) is 6.07 Å². The van der Waals surface area contributed by atoms with Crippen LogP contribution in [0.25, 0.3) is 0 Å². The van der Waals surface area contributed by atoms with Crippen LogP contribution < -0.4 is 5.32 Å². The fourth-order valence-corrected chi connectivity index (χ4v) is 1.60. The first-order valence-corrected chi connectivity index (χ1v) is 5.60. The van der Waals surface area contributed by atoms with E-state index in [9.17, 15) is 14.9 Å². The molecule has 2 aromatic rings. The summed E-state index contributed by atoms with van der Waals surface area (Å²) in [5, 5.41) is 17.0. The van der Waals surface area contributed by atoms with Gasteiger partial charge in [0.2, 0.25) is 5.91 Å². The van der Waals surface area contributed by atoms with Crippen LogP contribution in [0.2, 0.25) is 0 Å². The largest absolute Gasteiger partial charge is 0.390 e. The second-order valence-electron chi connectivity index (χ2n) is 3.97. The van der Waals surface area contributed by atoms with Crippen molar-refractivity contribution in [1.29, 1.82) is 0 Å². The van der Waals surface area contributed by atoms with Crippen LogP contribution in [0.3, 0.4) is 0 Å². The summed E-state index contributed by atoms with van der Waals surface area (Å²) >= 11 is 0. The molecule has 7 nitrogen and oxygen atoms in total. The van der Waals surface area contributed by atoms with Crippen molar-refractivity contribution in [1.82, 2.24) is 9.78 Å². The van der Waals surface area contributed by atoms with Gasteiger partial charge >= 0.3 is 5.82 Å². The zero-order valence-electron chi connectivity index (χ0n) is 10.2. The van der Waals surface area contributed by atoms with Gasteiger partial charge in [-0.2, -0.15) is 4.68 Å². The number of anilines is 1. The molecule has 1 aromatic heterocycles. The van der Waals surface area contributed by atoms with E-state index in [1.54, 1.807) is 31.2 Å². The van der Waals surface area contributed by atoms with Crippen molar-refractivity contribution < 1.29 is 9.72 Å². The van der Waals surface area contributed by atoms with Gasteiger partial charge in [-0.05, 0) is 24.0 Å². The molecule has 0 radical (unpaired) electrons. The van der Waals surface area contributed by atoms with Crippen molar-refractivity contribution in [3.63, 3.8) is 0 Å². The van der Waals surface area contributed by atoms with Crippen LogP contribution in [0.1, 0.15) is 5.69 Å². The quantitative estimate of drug-likeness (QED) is 0.669. The van der Waals surface area contributed by atoms with Crippen molar-refractivity contribution in [2.24, 2.45) is 0 Å². The Labute approximate surface area is 109 Å². The smallest absolute Gasteiger partial charge is 0.358 e. The SMILES string of the molecule is Cc1cc([N+](=O)[O-])nn1CC(=O)Nc1ccccc1. The minimum absolute atomic E-state index is 0.0609. The third kappa shape index (κ3) is 3.15. The van der Waals surface area contributed by atoms with Crippen LogP contribution in [-0.4, -0.2) is 20.6 Å². The van der Waals surface area contributed by atoms with E-state index in [2.05, 4.69) is 10.4 Å². The number of hydrogen-bond acceptors (Lipinski definition) is 4. The van der Waals surface area contributed by atoms with E-state index in [0.717, 1.165) is 0 Å². The van der Waals surface area contributed by atoms with Gasteiger partial charge in [-0.3, -0.25) is 4.79 Å². The molecule has 0 fully saturated rings. The Kier molecular flexibility index (Phi) is 3.56. The standard InChI is InChI=1S/C12H12N4O3/c1-9-7-11(16(18)19)14-15(9)8-12(17)13-10-5-3-2-4-6-10/h2-7H,8H2,1H3,(H,13,17). The van der Waals surface area contributed by atoms with Crippen molar-refractivity contribution >= 4 is 17.4 Å². The molecule has 0 unspecified atom stereocenters. The number of aryl methyl sites for hydroxylation is 1. The van der Waals surface area contributed by atoms with Gasteiger partial charge in [-0.1, -0.05) is 18.2 Å². The topological polar surface area (TPSA) is 90.1 Å². The summed E-state index contributed by atoms with van der Waals surface area (Å²) in [6.07, 6.45) is 0. The fraction of sp³-hybridized carbons (Fsp3) is 0.167. The summed E-state index contributed by atoms with van der Waals surface area (Å²) in [6, 6.07) is 10.3. The van der Waals surface area contributed by atoms with Crippen LogP contribution in [-0.2, 0) is 11.3 Å². The molecule has 0 aliphatic rings. The molecule has 1 N–H and O–H groups in total. The monoisotopic (exact) mass is 260 g/mol. The molecule has 0 saturated carbocycles. The lowest BCUT2D eigenvalue weighted by molar-refractivity contribution is -0.389. The highest BCUT2D eigenvalue weighted by atomic mass is 16.6. The average molecular weight is 260 g/mol. The predicted octanol–water partition coefficient (Wildman–Crippen LogP) is 1.74. The summed E-state index contributed by atoms with van der Waals surface area (Å²) < 4.78 is 1.30. The minimum atomic E-state index is -0.585. The van der Waals surface area contributed by atoms with Crippen molar-refractivity contribution in [2.75, 3.05) is 5.32 Å². The summed E-state index contributed by atoms with van der Waals surface area (Å²) in [5.41, 5.74) is 1.24. The molecule has 0 aliphatic carbocycles. The number of nitrogens with one attached hydrogen (secondary N) is 1. The Bertz CT molecular complexity index is 607. The van der Waals surface area contributed by atoms with Gasteiger partial charge in [0.05, 0.1) is 16.9 Å². The van der Waals surface area contributed by atoms with E-state index in [1.165, 1.54) is 10.7 Å². The van der Waals surface area contributed by atoms with Crippen molar-refractivity contribution in [3.8, 4) is 0 Å². The highest BCUT2D eigenvalue weighted by Crippen LogP contribution is 2.11. The normalized spacial score (nSPS) is 10.2. The Morgan fingerprint density at radius 1 is 1.42 bits per heavy atom. The number of nitro groups is 1. The zero-order valence-corrected chi connectivity index (χ0v) is 10.2. The van der Waals surface area contributed by atoms with E-state index in [0.29, 0.717) is 11.4 Å². The maximum Gasteiger partial charge on any atom is 0.390 e. The molecule has 0 spiro atoms. The molecule has 1 amide bonds. The predicted molar refractivity (Wildman–Crippen MR) is 68.7 cm³/mol. The highest BCUT2D eigenvalue weighted by molar-refractivity contribution is 5.90. The third-order valence-corrected chi connectivity index (χ3v) is 2.51. The second kappa shape index (κ2) is 5.30. The summed E-state index contributed by atoms with van der Waals surface area (Å²) in [4.78, 5) is 21.8.